The molecular formula is C21H29N3O4S. The van der Waals surface area contributed by atoms with Gasteiger partial charge in [0, 0.05) is 25.6 Å². The molecule has 8 heteroatoms. The first-order valence-electron chi connectivity index (χ1n) is 9.97. The van der Waals surface area contributed by atoms with Gasteiger partial charge in [0.1, 0.15) is 10.6 Å². The molecule has 0 saturated carbocycles. The van der Waals surface area contributed by atoms with Crippen molar-refractivity contribution in [2.45, 2.75) is 52.0 Å². The largest absolute Gasteiger partial charge is 0.360 e. The van der Waals surface area contributed by atoms with Crippen LogP contribution in [0.2, 0.25) is 0 Å². The summed E-state index contributed by atoms with van der Waals surface area (Å²) < 4.78 is 32.4. The smallest absolute Gasteiger partial charge is 0.248 e. The van der Waals surface area contributed by atoms with Crippen molar-refractivity contribution in [1.29, 1.82) is 0 Å². The molecule has 2 aromatic rings. The highest BCUT2D eigenvalue weighted by atomic mass is 32.2. The number of carbonyl (C=O) groups is 1. The Kier molecular flexibility index (Phi) is 6.43. The number of benzene rings is 1. The Bertz CT molecular complexity index is 956. The zero-order valence-electron chi connectivity index (χ0n) is 17.4. The maximum absolute atomic E-state index is 12.9. The van der Waals surface area contributed by atoms with Crippen molar-refractivity contribution >= 4 is 15.9 Å². The SMILES string of the molecule is Cc1ccccc1CNC(=O)C(C)C1CCN(S(=O)(=O)c2c(C)noc2C)CC1. The average Bonchev–Trinajstić information content (AvgIpc) is 3.05. The Morgan fingerprint density at radius 3 is 2.48 bits per heavy atom. The molecule has 1 unspecified atom stereocenters. The van der Waals surface area contributed by atoms with Crippen LogP contribution in [0.15, 0.2) is 33.7 Å². The van der Waals surface area contributed by atoms with Gasteiger partial charge in [-0.15, -0.1) is 0 Å². The zero-order valence-corrected chi connectivity index (χ0v) is 18.3. The van der Waals surface area contributed by atoms with Gasteiger partial charge in [-0.3, -0.25) is 4.79 Å². The topological polar surface area (TPSA) is 92.5 Å². The minimum atomic E-state index is -3.62. The third kappa shape index (κ3) is 4.53. The predicted molar refractivity (Wildman–Crippen MR) is 110 cm³/mol. The number of amides is 1. The van der Waals surface area contributed by atoms with Gasteiger partial charge in [0.25, 0.3) is 0 Å². The van der Waals surface area contributed by atoms with Crippen LogP contribution in [0.4, 0.5) is 0 Å². The summed E-state index contributed by atoms with van der Waals surface area (Å²) in [6.45, 7) is 8.50. The molecule has 0 spiro atoms. The van der Waals surface area contributed by atoms with Crippen molar-refractivity contribution in [3.05, 3.63) is 46.8 Å². The standard InChI is InChI=1S/C21H29N3O4S/c1-14-7-5-6-8-19(14)13-22-21(25)15(2)18-9-11-24(12-10-18)29(26,27)20-16(3)23-28-17(20)4/h5-8,15,18H,9-13H2,1-4H3,(H,22,25). The third-order valence-corrected chi connectivity index (χ3v) is 8.04. The summed E-state index contributed by atoms with van der Waals surface area (Å²) in [5.41, 5.74) is 2.64. The Balaban J connectivity index is 1.57. The van der Waals surface area contributed by atoms with E-state index in [0.29, 0.717) is 43.9 Å². The van der Waals surface area contributed by atoms with E-state index in [9.17, 15) is 13.2 Å². The molecule has 1 N–H and O–H groups in total. The van der Waals surface area contributed by atoms with E-state index in [0.717, 1.165) is 11.1 Å². The number of sulfonamides is 1. The summed E-state index contributed by atoms with van der Waals surface area (Å²) in [4.78, 5) is 12.8. The Morgan fingerprint density at radius 1 is 1.24 bits per heavy atom. The monoisotopic (exact) mass is 419 g/mol. The van der Waals surface area contributed by atoms with E-state index >= 15 is 0 Å². The summed E-state index contributed by atoms with van der Waals surface area (Å²) in [5.74, 6) is 0.319. The zero-order chi connectivity index (χ0) is 21.2. The number of carbonyl (C=O) groups excluding carboxylic acids is 1. The second-order valence-electron chi connectivity index (χ2n) is 7.83. The molecule has 3 rings (SSSR count). The van der Waals surface area contributed by atoms with Gasteiger partial charge in [0.05, 0.1) is 0 Å². The first-order chi connectivity index (χ1) is 13.7. The van der Waals surface area contributed by atoms with Gasteiger partial charge < -0.3 is 9.84 Å². The van der Waals surface area contributed by atoms with Gasteiger partial charge in [0.2, 0.25) is 15.9 Å². The van der Waals surface area contributed by atoms with E-state index in [2.05, 4.69) is 10.5 Å². The number of nitrogens with one attached hydrogen (secondary N) is 1. The van der Waals surface area contributed by atoms with Crippen molar-refractivity contribution in [2.24, 2.45) is 11.8 Å². The van der Waals surface area contributed by atoms with Gasteiger partial charge in [-0.1, -0.05) is 36.3 Å². The van der Waals surface area contributed by atoms with Crippen molar-refractivity contribution in [3.8, 4) is 0 Å². The molecule has 1 aromatic heterocycles. The number of hydrogen-bond donors (Lipinski definition) is 1. The second-order valence-corrected chi connectivity index (χ2v) is 9.70. The van der Waals surface area contributed by atoms with Crippen LogP contribution in [0, 0.1) is 32.6 Å². The van der Waals surface area contributed by atoms with Crippen molar-refractivity contribution in [2.75, 3.05) is 13.1 Å². The number of aryl methyl sites for hydroxylation is 3. The molecular weight excluding hydrogens is 390 g/mol. The van der Waals surface area contributed by atoms with Crippen LogP contribution in [0.5, 0.6) is 0 Å². The molecule has 7 nitrogen and oxygen atoms in total. The van der Waals surface area contributed by atoms with Crippen molar-refractivity contribution < 1.29 is 17.7 Å². The minimum Gasteiger partial charge on any atom is -0.360 e. The van der Waals surface area contributed by atoms with Gasteiger partial charge >= 0.3 is 0 Å². The highest BCUT2D eigenvalue weighted by Crippen LogP contribution is 2.30. The molecule has 1 aliphatic rings. The number of rotatable bonds is 6. The van der Waals surface area contributed by atoms with Crippen molar-refractivity contribution in [1.82, 2.24) is 14.8 Å². The molecule has 29 heavy (non-hydrogen) atoms. The molecule has 0 aliphatic carbocycles. The van der Waals surface area contributed by atoms with Gasteiger partial charge in [-0.25, -0.2) is 8.42 Å². The molecule has 1 aliphatic heterocycles. The lowest BCUT2D eigenvalue weighted by Gasteiger charge is -2.33. The summed E-state index contributed by atoms with van der Waals surface area (Å²) in [6, 6.07) is 7.99. The number of piperidine rings is 1. The Labute approximate surface area is 172 Å². The number of hydrogen-bond acceptors (Lipinski definition) is 5. The molecule has 158 valence electrons. The lowest BCUT2D eigenvalue weighted by atomic mass is 9.85. The number of aromatic nitrogens is 1. The Morgan fingerprint density at radius 2 is 1.90 bits per heavy atom. The molecule has 1 saturated heterocycles. The van der Waals surface area contributed by atoms with Gasteiger partial charge in [0.15, 0.2) is 5.76 Å². The lowest BCUT2D eigenvalue weighted by Crippen LogP contribution is -2.42. The van der Waals surface area contributed by atoms with Crippen LogP contribution < -0.4 is 5.32 Å². The van der Waals surface area contributed by atoms with Crippen LogP contribution >= 0.6 is 0 Å². The average molecular weight is 420 g/mol. The van der Waals surface area contributed by atoms with Gasteiger partial charge in [-0.2, -0.15) is 4.31 Å². The fraction of sp³-hybridized carbons (Fsp3) is 0.524. The fourth-order valence-electron chi connectivity index (χ4n) is 3.95. The molecule has 0 bridgehead atoms. The first-order valence-corrected chi connectivity index (χ1v) is 11.4. The van der Waals surface area contributed by atoms with E-state index in [1.165, 1.54) is 4.31 Å². The fourth-order valence-corrected chi connectivity index (χ4v) is 5.71. The van der Waals surface area contributed by atoms with Crippen LogP contribution in [0.3, 0.4) is 0 Å². The highest BCUT2D eigenvalue weighted by molar-refractivity contribution is 7.89. The maximum Gasteiger partial charge on any atom is 0.248 e. The van der Waals surface area contributed by atoms with Crippen molar-refractivity contribution in [3.63, 3.8) is 0 Å². The molecule has 0 radical (unpaired) electrons. The Hall–Kier alpha value is -2.19. The lowest BCUT2D eigenvalue weighted by molar-refractivity contribution is -0.126. The van der Waals surface area contributed by atoms with E-state index in [4.69, 9.17) is 4.52 Å². The number of nitrogens with zero attached hydrogens (tertiary/aromatic N) is 2. The van der Waals surface area contributed by atoms with Crippen LogP contribution in [0.25, 0.3) is 0 Å². The summed E-state index contributed by atoms with van der Waals surface area (Å²) in [6.07, 6.45) is 1.31. The summed E-state index contributed by atoms with van der Waals surface area (Å²) in [5, 5.41) is 6.79. The van der Waals surface area contributed by atoms with Crippen LogP contribution in [-0.2, 0) is 21.4 Å². The molecule has 1 fully saturated rings. The van der Waals surface area contributed by atoms with Gasteiger partial charge in [-0.05, 0) is 50.7 Å². The van der Waals surface area contributed by atoms with E-state index in [-0.39, 0.29) is 22.6 Å². The van der Waals surface area contributed by atoms with E-state index < -0.39 is 10.0 Å². The molecule has 1 aromatic carbocycles. The highest BCUT2D eigenvalue weighted by Gasteiger charge is 2.36. The minimum absolute atomic E-state index is 0.0142. The predicted octanol–water partition coefficient (Wildman–Crippen LogP) is 2.95. The van der Waals surface area contributed by atoms with E-state index in [1.807, 2.05) is 38.1 Å². The first kappa shape index (κ1) is 21.5. The van der Waals surface area contributed by atoms with Crippen LogP contribution in [-0.4, -0.2) is 36.9 Å². The molecule has 2 heterocycles. The maximum atomic E-state index is 12.9. The summed E-state index contributed by atoms with van der Waals surface area (Å²) >= 11 is 0. The normalized spacial score (nSPS) is 17.2. The second kappa shape index (κ2) is 8.67. The summed E-state index contributed by atoms with van der Waals surface area (Å²) in [7, 11) is -3.62. The quantitative estimate of drug-likeness (QED) is 0.777. The third-order valence-electron chi connectivity index (χ3n) is 5.90. The molecule has 1 amide bonds. The van der Waals surface area contributed by atoms with Crippen LogP contribution in [0.1, 0.15) is 42.3 Å². The van der Waals surface area contributed by atoms with E-state index in [1.54, 1.807) is 13.8 Å². The molecule has 1 atom stereocenters.